The van der Waals surface area contributed by atoms with Gasteiger partial charge in [0.2, 0.25) is 0 Å². The molecule has 130 valence electrons. The first-order chi connectivity index (χ1) is 13.3. The lowest BCUT2D eigenvalue weighted by atomic mass is 9.62. The number of rotatable bonds is 5. The molecule has 0 aliphatic heterocycles. The molecule has 2 radical (unpaired) electrons. The number of hydrogen-bond acceptors (Lipinski definition) is 0. The summed E-state index contributed by atoms with van der Waals surface area (Å²) in [5, 5.41) is 0. The molecule has 0 N–H and O–H groups in total. The van der Waals surface area contributed by atoms with Crippen molar-refractivity contribution < 1.29 is 0 Å². The second-order valence-electron chi connectivity index (χ2n) is 6.74. The molecule has 4 aromatic rings. The van der Waals surface area contributed by atoms with Gasteiger partial charge in [-0.2, -0.15) is 0 Å². The topological polar surface area (TPSA) is 0 Å². The van der Waals surface area contributed by atoms with Gasteiger partial charge in [0.05, 0.1) is 0 Å². The van der Waals surface area contributed by atoms with Crippen LogP contribution in [0.4, 0.5) is 0 Å². The van der Waals surface area contributed by atoms with Crippen molar-refractivity contribution in [1.82, 2.24) is 0 Å². The average Bonchev–Trinajstić information content (AvgIpc) is 2.76. The van der Waals surface area contributed by atoms with Crippen molar-refractivity contribution in [3.05, 3.63) is 156 Å². The largest absolute Gasteiger partial charge is 0.0622 e. The fraction of sp³-hybridized carbons (Fsp3) is 0.0370. The quantitative estimate of drug-likeness (QED) is 0.388. The van der Waals surface area contributed by atoms with Crippen LogP contribution in [-0.4, -0.2) is 0 Å². The fourth-order valence-corrected chi connectivity index (χ4v) is 3.77. The lowest BCUT2D eigenvalue weighted by Crippen LogP contribution is -2.33. The van der Waals surface area contributed by atoms with Gasteiger partial charge in [0.15, 0.2) is 0 Å². The molecule has 0 saturated heterocycles. The molecule has 0 unspecified atom stereocenters. The molecule has 0 amide bonds. The minimum atomic E-state index is -0.523. The standard InChI is InChI=1S/C27H22/c1-27(24-18-10-4-11-19-24,25-20-12-5-13-21-25)26(22-14-6-2-7-15-22)23-16-8-3-9-17-23/h2-21H,1H2. The molecule has 0 bridgehead atoms. The summed E-state index contributed by atoms with van der Waals surface area (Å²) in [6, 6.07) is 42.3. The number of hydrogen-bond donors (Lipinski definition) is 0. The Labute approximate surface area is 162 Å². The summed E-state index contributed by atoms with van der Waals surface area (Å²) in [5.41, 5.74) is 4.21. The maximum absolute atomic E-state index is 4.83. The molecular weight excluding hydrogens is 324 g/mol. The van der Waals surface area contributed by atoms with Crippen LogP contribution in [0.2, 0.25) is 0 Å². The maximum atomic E-state index is 4.83. The summed E-state index contributed by atoms with van der Waals surface area (Å²) in [5.74, 6) is 1.21. The van der Waals surface area contributed by atoms with Crippen LogP contribution in [-0.2, 0) is 5.41 Å². The molecule has 27 heavy (non-hydrogen) atoms. The van der Waals surface area contributed by atoms with E-state index in [4.69, 9.17) is 6.92 Å². The Morgan fingerprint density at radius 1 is 0.444 bits per heavy atom. The van der Waals surface area contributed by atoms with Gasteiger partial charge in [-0.1, -0.05) is 121 Å². The zero-order valence-corrected chi connectivity index (χ0v) is 15.3. The Balaban J connectivity index is 2.01. The van der Waals surface area contributed by atoms with Crippen molar-refractivity contribution in [2.45, 2.75) is 5.41 Å². The molecule has 4 aromatic carbocycles. The van der Waals surface area contributed by atoms with E-state index in [0.29, 0.717) is 0 Å². The van der Waals surface area contributed by atoms with Crippen LogP contribution in [0.3, 0.4) is 0 Å². The average molecular weight is 346 g/mol. The lowest BCUT2D eigenvalue weighted by Gasteiger charge is -2.39. The van der Waals surface area contributed by atoms with Crippen molar-refractivity contribution in [2.75, 3.05) is 0 Å². The highest BCUT2D eigenvalue weighted by Crippen LogP contribution is 2.46. The SMILES string of the molecule is [CH2]C([C](c1ccccc1)c1ccccc1)(c1ccccc1)c1ccccc1. The third-order valence-corrected chi connectivity index (χ3v) is 5.08. The molecule has 0 aliphatic rings. The Morgan fingerprint density at radius 2 is 0.741 bits per heavy atom. The summed E-state index contributed by atoms with van der Waals surface area (Å²) in [4.78, 5) is 0. The molecule has 4 rings (SSSR count). The Hall–Kier alpha value is -3.12. The van der Waals surface area contributed by atoms with Crippen molar-refractivity contribution >= 4 is 0 Å². The summed E-state index contributed by atoms with van der Waals surface area (Å²) in [7, 11) is 0. The Kier molecular flexibility index (Phi) is 4.89. The van der Waals surface area contributed by atoms with Gasteiger partial charge in [0, 0.05) is 11.3 Å². The van der Waals surface area contributed by atoms with Crippen LogP contribution in [0.25, 0.3) is 0 Å². The second kappa shape index (κ2) is 7.63. The van der Waals surface area contributed by atoms with E-state index in [9.17, 15) is 0 Å². The van der Waals surface area contributed by atoms with Gasteiger partial charge >= 0.3 is 0 Å². The highest BCUT2D eigenvalue weighted by molar-refractivity contribution is 5.61. The normalized spacial score (nSPS) is 11.5. The first kappa shape index (κ1) is 17.3. The van der Waals surface area contributed by atoms with Crippen LogP contribution >= 0.6 is 0 Å². The monoisotopic (exact) mass is 346 g/mol. The Bertz CT molecular complexity index is 878. The van der Waals surface area contributed by atoms with Crippen LogP contribution in [0, 0.1) is 12.8 Å². The van der Waals surface area contributed by atoms with Gasteiger partial charge in [0.1, 0.15) is 0 Å². The van der Waals surface area contributed by atoms with E-state index in [1.165, 1.54) is 28.2 Å². The zero-order valence-electron chi connectivity index (χ0n) is 15.3. The maximum Gasteiger partial charge on any atom is 0.0488 e. The van der Waals surface area contributed by atoms with E-state index in [1.807, 2.05) is 0 Å². The second-order valence-corrected chi connectivity index (χ2v) is 6.74. The minimum absolute atomic E-state index is 0.523. The van der Waals surface area contributed by atoms with Gasteiger partial charge in [-0.15, -0.1) is 0 Å². The molecule has 0 heteroatoms. The summed E-state index contributed by atoms with van der Waals surface area (Å²) < 4.78 is 0. The van der Waals surface area contributed by atoms with E-state index in [0.717, 1.165) is 0 Å². The molecule has 0 fully saturated rings. The first-order valence-electron chi connectivity index (χ1n) is 9.25. The van der Waals surface area contributed by atoms with E-state index in [2.05, 4.69) is 121 Å². The van der Waals surface area contributed by atoms with Crippen LogP contribution in [0.15, 0.2) is 121 Å². The smallest absolute Gasteiger partial charge is 0.0488 e. The van der Waals surface area contributed by atoms with E-state index in [1.54, 1.807) is 0 Å². The van der Waals surface area contributed by atoms with Gasteiger partial charge < -0.3 is 0 Å². The third kappa shape index (κ3) is 3.31. The van der Waals surface area contributed by atoms with Crippen molar-refractivity contribution in [2.24, 2.45) is 0 Å². The summed E-state index contributed by atoms with van der Waals surface area (Å²) in [6.45, 7) is 4.83. The van der Waals surface area contributed by atoms with Crippen molar-refractivity contribution in [3.63, 3.8) is 0 Å². The van der Waals surface area contributed by atoms with Crippen LogP contribution in [0.5, 0.6) is 0 Å². The molecular formula is C27H22. The van der Waals surface area contributed by atoms with E-state index in [-0.39, 0.29) is 0 Å². The molecule has 0 aromatic heterocycles. The molecule has 0 aliphatic carbocycles. The highest BCUT2D eigenvalue weighted by atomic mass is 14.4. The van der Waals surface area contributed by atoms with Gasteiger partial charge in [0.25, 0.3) is 0 Å². The highest BCUT2D eigenvalue weighted by Gasteiger charge is 2.40. The minimum Gasteiger partial charge on any atom is -0.0622 e. The van der Waals surface area contributed by atoms with Crippen molar-refractivity contribution in [1.29, 1.82) is 0 Å². The van der Waals surface area contributed by atoms with Gasteiger partial charge in [-0.3, -0.25) is 0 Å². The summed E-state index contributed by atoms with van der Waals surface area (Å²) >= 11 is 0. The first-order valence-corrected chi connectivity index (χ1v) is 9.25. The predicted molar refractivity (Wildman–Crippen MR) is 113 cm³/mol. The van der Waals surface area contributed by atoms with Gasteiger partial charge in [-0.05, 0) is 29.2 Å². The molecule has 0 heterocycles. The van der Waals surface area contributed by atoms with E-state index < -0.39 is 5.41 Å². The third-order valence-electron chi connectivity index (χ3n) is 5.08. The number of benzene rings is 4. The molecule has 0 saturated carbocycles. The lowest BCUT2D eigenvalue weighted by molar-refractivity contribution is 0.694. The summed E-state index contributed by atoms with van der Waals surface area (Å²) in [6.07, 6.45) is 0. The molecule has 0 spiro atoms. The fourth-order valence-electron chi connectivity index (χ4n) is 3.77. The van der Waals surface area contributed by atoms with Crippen molar-refractivity contribution in [3.8, 4) is 0 Å². The zero-order chi connectivity index (χ0) is 18.5. The molecule has 0 nitrogen and oxygen atoms in total. The predicted octanol–water partition coefficient (Wildman–Crippen LogP) is 6.48. The van der Waals surface area contributed by atoms with Crippen LogP contribution in [0.1, 0.15) is 22.3 Å². The van der Waals surface area contributed by atoms with Gasteiger partial charge in [-0.25, -0.2) is 0 Å². The van der Waals surface area contributed by atoms with Crippen LogP contribution < -0.4 is 0 Å². The van der Waals surface area contributed by atoms with E-state index >= 15 is 0 Å². The Morgan fingerprint density at radius 3 is 1.07 bits per heavy atom. The molecule has 0 atom stereocenters.